The van der Waals surface area contributed by atoms with Crippen LogP contribution in [0.15, 0.2) is 180 Å². The average Bonchev–Trinajstić information content (AvgIpc) is 3.68. The molecule has 1 aromatic heterocycles. The highest BCUT2D eigenvalue weighted by molar-refractivity contribution is 6.15. The number of rotatable bonds is 5. The first kappa shape index (κ1) is 29.5. The topological polar surface area (TPSA) is 16.4 Å². The van der Waals surface area contributed by atoms with Crippen molar-refractivity contribution in [3.05, 3.63) is 187 Å². The maximum absolute atomic E-state index is 6.41. The molecule has 9 aromatic rings. The van der Waals surface area contributed by atoms with E-state index in [0.29, 0.717) is 0 Å². The second kappa shape index (κ2) is 11.3. The van der Waals surface area contributed by atoms with Crippen LogP contribution < -0.4 is 4.90 Å². The van der Waals surface area contributed by atoms with Crippen molar-refractivity contribution in [1.29, 1.82) is 0 Å². The molecule has 10 rings (SSSR count). The number of anilines is 3. The van der Waals surface area contributed by atoms with Crippen molar-refractivity contribution in [3.8, 4) is 33.4 Å². The van der Waals surface area contributed by atoms with Gasteiger partial charge in [0.15, 0.2) is 0 Å². The lowest BCUT2D eigenvalue weighted by Crippen LogP contribution is -2.16. The fraction of sp³-hybridized carbons (Fsp3) is 0.0612. The van der Waals surface area contributed by atoms with Gasteiger partial charge in [-0.05, 0) is 104 Å². The number of nitrogens with zero attached hydrogens (tertiary/aromatic N) is 1. The van der Waals surface area contributed by atoms with E-state index in [1.807, 2.05) is 12.1 Å². The fourth-order valence-electron chi connectivity index (χ4n) is 8.22. The van der Waals surface area contributed by atoms with Crippen LogP contribution >= 0.6 is 0 Å². The minimum Gasteiger partial charge on any atom is -0.455 e. The van der Waals surface area contributed by atoms with Crippen LogP contribution in [0.3, 0.4) is 0 Å². The summed E-state index contributed by atoms with van der Waals surface area (Å²) in [6.07, 6.45) is 0. The van der Waals surface area contributed by atoms with Crippen LogP contribution in [0.25, 0.3) is 66.1 Å². The van der Waals surface area contributed by atoms with Gasteiger partial charge in [0.1, 0.15) is 11.2 Å². The quantitative estimate of drug-likeness (QED) is 0.184. The zero-order valence-electron chi connectivity index (χ0n) is 28.6. The lowest BCUT2D eigenvalue weighted by atomic mass is 9.82. The smallest absolute Gasteiger partial charge is 0.143 e. The van der Waals surface area contributed by atoms with E-state index in [1.165, 1.54) is 38.8 Å². The summed E-state index contributed by atoms with van der Waals surface area (Å²) in [7, 11) is 0. The Bertz CT molecular complexity index is 2770. The molecule has 0 N–H and O–H groups in total. The standard InChI is InChI=1S/C49H35NO/c1-49(2)45-17-8-6-15-40(45)41-28-26-39(31-46(41)49)50(38-14-10-13-35(29-38)32-11-4-3-5-12-32)37-24-21-33(22-25-37)36-20-19-34-23-27-43-42-16-7-9-18-47(42)51-48(43)44(34)30-36/h3-31H,1-2H3. The van der Waals surface area contributed by atoms with Crippen molar-refractivity contribution in [2.75, 3.05) is 4.90 Å². The molecule has 0 fully saturated rings. The van der Waals surface area contributed by atoms with Gasteiger partial charge in [0.25, 0.3) is 0 Å². The highest BCUT2D eigenvalue weighted by Crippen LogP contribution is 2.50. The zero-order valence-corrected chi connectivity index (χ0v) is 28.6. The molecular formula is C49H35NO. The third-order valence-corrected chi connectivity index (χ3v) is 10.9. The molecule has 1 heterocycles. The molecule has 0 saturated heterocycles. The summed E-state index contributed by atoms with van der Waals surface area (Å²) in [5.74, 6) is 0. The minimum absolute atomic E-state index is 0.0926. The van der Waals surface area contributed by atoms with Gasteiger partial charge >= 0.3 is 0 Å². The van der Waals surface area contributed by atoms with E-state index in [4.69, 9.17) is 4.42 Å². The van der Waals surface area contributed by atoms with Crippen LogP contribution in [0.1, 0.15) is 25.0 Å². The minimum atomic E-state index is -0.0926. The maximum Gasteiger partial charge on any atom is 0.143 e. The van der Waals surface area contributed by atoms with Crippen LogP contribution in [0, 0.1) is 0 Å². The van der Waals surface area contributed by atoms with Crippen LogP contribution in [0.2, 0.25) is 0 Å². The lowest BCUT2D eigenvalue weighted by Gasteiger charge is -2.28. The van der Waals surface area contributed by atoms with Gasteiger partial charge in [-0.15, -0.1) is 0 Å². The van der Waals surface area contributed by atoms with Crippen molar-refractivity contribution < 1.29 is 4.42 Å². The van der Waals surface area contributed by atoms with E-state index in [2.05, 4.69) is 183 Å². The first-order valence-corrected chi connectivity index (χ1v) is 17.7. The summed E-state index contributed by atoms with van der Waals surface area (Å²) in [4.78, 5) is 2.40. The molecule has 1 aliphatic carbocycles. The Hall–Kier alpha value is -6.38. The molecular weight excluding hydrogens is 619 g/mol. The Labute approximate surface area is 297 Å². The molecule has 1 aliphatic rings. The summed E-state index contributed by atoms with van der Waals surface area (Å²) >= 11 is 0. The highest BCUT2D eigenvalue weighted by Gasteiger charge is 2.35. The number of hydrogen-bond acceptors (Lipinski definition) is 2. The molecule has 0 spiro atoms. The number of benzene rings is 8. The SMILES string of the molecule is CC1(C)c2ccccc2-c2ccc(N(c3ccc(-c4ccc5ccc6c7ccccc7oc6c5c4)cc3)c3cccc(-c4ccccc4)c3)cc21. The van der Waals surface area contributed by atoms with Gasteiger partial charge in [0.05, 0.1) is 0 Å². The summed E-state index contributed by atoms with van der Waals surface area (Å²) in [6, 6.07) is 63.7. The molecule has 242 valence electrons. The summed E-state index contributed by atoms with van der Waals surface area (Å²) in [6.45, 7) is 4.69. The second-order valence-electron chi connectivity index (χ2n) is 14.2. The molecule has 51 heavy (non-hydrogen) atoms. The Morgan fingerprint density at radius 1 is 0.412 bits per heavy atom. The van der Waals surface area contributed by atoms with Gasteiger partial charge in [-0.3, -0.25) is 0 Å². The molecule has 8 aromatic carbocycles. The molecule has 0 unspecified atom stereocenters. The predicted molar refractivity (Wildman–Crippen MR) is 214 cm³/mol. The molecule has 2 nitrogen and oxygen atoms in total. The molecule has 0 amide bonds. The van der Waals surface area contributed by atoms with Crippen molar-refractivity contribution in [3.63, 3.8) is 0 Å². The lowest BCUT2D eigenvalue weighted by molar-refractivity contribution is 0.660. The summed E-state index contributed by atoms with van der Waals surface area (Å²) in [5.41, 5.74) is 15.3. The van der Waals surface area contributed by atoms with E-state index in [0.717, 1.165) is 55.5 Å². The van der Waals surface area contributed by atoms with E-state index in [1.54, 1.807) is 0 Å². The Balaban J connectivity index is 1.09. The zero-order chi connectivity index (χ0) is 34.1. The van der Waals surface area contributed by atoms with E-state index in [-0.39, 0.29) is 5.41 Å². The van der Waals surface area contributed by atoms with Gasteiger partial charge in [0, 0.05) is 38.6 Å². The average molecular weight is 654 g/mol. The van der Waals surface area contributed by atoms with Crippen molar-refractivity contribution in [1.82, 2.24) is 0 Å². The highest BCUT2D eigenvalue weighted by atomic mass is 16.3. The maximum atomic E-state index is 6.41. The van der Waals surface area contributed by atoms with E-state index >= 15 is 0 Å². The largest absolute Gasteiger partial charge is 0.455 e. The first-order chi connectivity index (χ1) is 25.0. The molecule has 0 aliphatic heterocycles. The van der Waals surface area contributed by atoms with Gasteiger partial charge in [-0.25, -0.2) is 0 Å². The van der Waals surface area contributed by atoms with Crippen molar-refractivity contribution >= 4 is 49.8 Å². The monoisotopic (exact) mass is 653 g/mol. The first-order valence-electron chi connectivity index (χ1n) is 17.7. The number of fused-ring (bicyclic) bond motifs is 8. The van der Waals surface area contributed by atoms with Crippen LogP contribution in [-0.2, 0) is 5.41 Å². The molecule has 0 bridgehead atoms. The van der Waals surface area contributed by atoms with Crippen molar-refractivity contribution in [2.45, 2.75) is 19.3 Å². The fourth-order valence-corrected chi connectivity index (χ4v) is 8.22. The van der Waals surface area contributed by atoms with Crippen LogP contribution in [-0.4, -0.2) is 0 Å². The van der Waals surface area contributed by atoms with Gasteiger partial charge in [-0.2, -0.15) is 0 Å². The van der Waals surface area contributed by atoms with E-state index < -0.39 is 0 Å². The van der Waals surface area contributed by atoms with Crippen molar-refractivity contribution in [2.24, 2.45) is 0 Å². The molecule has 2 heteroatoms. The summed E-state index contributed by atoms with van der Waals surface area (Å²) < 4.78 is 6.41. The Morgan fingerprint density at radius 2 is 1.06 bits per heavy atom. The third kappa shape index (κ3) is 4.71. The van der Waals surface area contributed by atoms with Gasteiger partial charge < -0.3 is 9.32 Å². The number of furan rings is 1. The Morgan fingerprint density at radius 3 is 1.94 bits per heavy atom. The normalized spacial score (nSPS) is 13.1. The number of hydrogen-bond donors (Lipinski definition) is 0. The summed E-state index contributed by atoms with van der Waals surface area (Å²) in [5, 5.41) is 4.61. The van der Waals surface area contributed by atoms with Crippen LogP contribution in [0.4, 0.5) is 17.1 Å². The molecule has 0 saturated carbocycles. The molecule has 0 atom stereocenters. The predicted octanol–water partition coefficient (Wildman–Crippen LogP) is 13.8. The van der Waals surface area contributed by atoms with E-state index in [9.17, 15) is 0 Å². The molecule has 0 radical (unpaired) electrons. The third-order valence-electron chi connectivity index (χ3n) is 10.9. The van der Waals surface area contributed by atoms with Crippen LogP contribution in [0.5, 0.6) is 0 Å². The van der Waals surface area contributed by atoms with Gasteiger partial charge in [0.2, 0.25) is 0 Å². The van der Waals surface area contributed by atoms with Gasteiger partial charge in [-0.1, -0.05) is 135 Å². The Kier molecular flexibility index (Phi) is 6.56. The number of para-hydroxylation sites is 1. The second-order valence-corrected chi connectivity index (χ2v) is 14.2.